The number of rotatable bonds is 8. The first-order valence-electron chi connectivity index (χ1n) is 5.44. The molecule has 5 nitrogen and oxygen atoms in total. The lowest BCUT2D eigenvalue weighted by atomic mass is 10.1. The molecule has 0 aliphatic heterocycles. The van der Waals surface area contributed by atoms with Crippen molar-refractivity contribution in [2.45, 2.75) is 39.5 Å². The van der Waals surface area contributed by atoms with Gasteiger partial charge in [-0.05, 0) is 30.7 Å². The predicted molar refractivity (Wildman–Crippen MR) is 60.3 cm³/mol. The summed E-state index contributed by atoms with van der Waals surface area (Å²) in [6.45, 7) is 5.40. The lowest BCUT2D eigenvalue weighted by Gasteiger charge is -2.05. The highest BCUT2D eigenvalue weighted by atomic mass is 16.1. The van der Waals surface area contributed by atoms with E-state index in [0.29, 0.717) is 25.4 Å². The molecule has 0 aliphatic carbocycles. The predicted octanol–water partition coefficient (Wildman–Crippen LogP) is 2.63. The normalized spacial score (nSPS) is 9.80. The molecule has 1 amide bonds. The average molecular weight is 212 g/mol. The molecule has 5 heteroatoms. The first-order chi connectivity index (χ1) is 7.16. The van der Waals surface area contributed by atoms with Gasteiger partial charge in [-0.2, -0.15) is 0 Å². The summed E-state index contributed by atoms with van der Waals surface area (Å²) in [4.78, 5) is 13.9. The van der Waals surface area contributed by atoms with Crippen LogP contribution in [0.1, 0.15) is 39.5 Å². The highest BCUT2D eigenvalue weighted by Gasteiger charge is 2.01. The molecule has 0 aromatic heterocycles. The molecule has 0 spiro atoms. The molecule has 0 aromatic rings. The molecule has 1 N–H and O–H groups in total. The standard InChI is InChI=1S/C10H20N4O/c1-9(2)5-6-10(15)12-7-3-4-8-13-14-11/h9H,3-8H2,1-2H3,(H,12,15). The second-order valence-electron chi connectivity index (χ2n) is 3.94. The summed E-state index contributed by atoms with van der Waals surface area (Å²) in [7, 11) is 0. The third-order valence-corrected chi connectivity index (χ3v) is 2.02. The molecule has 0 rings (SSSR count). The molecule has 0 aromatic carbocycles. The van der Waals surface area contributed by atoms with Crippen molar-refractivity contribution in [3.8, 4) is 0 Å². The third-order valence-electron chi connectivity index (χ3n) is 2.02. The number of unbranched alkanes of at least 4 members (excludes halogenated alkanes) is 1. The zero-order chi connectivity index (χ0) is 11.5. The van der Waals surface area contributed by atoms with E-state index in [1.165, 1.54) is 0 Å². The van der Waals surface area contributed by atoms with Gasteiger partial charge in [0.15, 0.2) is 0 Å². The van der Waals surface area contributed by atoms with Crippen molar-refractivity contribution in [2.75, 3.05) is 13.1 Å². The minimum Gasteiger partial charge on any atom is -0.356 e. The molecule has 0 saturated heterocycles. The number of carbonyl (C=O) groups is 1. The van der Waals surface area contributed by atoms with Crippen molar-refractivity contribution in [3.63, 3.8) is 0 Å². The Morgan fingerprint density at radius 1 is 1.47 bits per heavy atom. The van der Waals surface area contributed by atoms with E-state index in [-0.39, 0.29) is 5.91 Å². The molecule has 0 saturated carbocycles. The van der Waals surface area contributed by atoms with Crippen molar-refractivity contribution >= 4 is 5.91 Å². The maximum Gasteiger partial charge on any atom is 0.220 e. The maximum atomic E-state index is 11.2. The minimum absolute atomic E-state index is 0.118. The van der Waals surface area contributed by atoms with Crippen LogP contribution in [-0.2, 0) is 4.79 Å². The van der Waals surface area contributed by atoms with Crippen LogP contribution in [0.25, 0.3) is 10.4 Å². The second-order valence-corrected chi connectivity index (χ2v) is 3.94. The van der Waals surface area contributed by atoms with E-state index < -0.39 is 0 Å². The molecule has 0 unspecified atom stereocenters. The van der Waals surface area contributed by atoms with Crippen molar-refractivity contribution in [1.29, 1.82) is 0 Å². The Labute approximate surface area is 90.9 Å². The fraction of sp³-hybridized carbons (Fsp3) is 0.900. The highest BCUT2D eigenvalue weighted by Crippen LogP contribution is 2.02. The second kappa shape index (κ2) is 9.34. The van der Waals surface area contributed by atoms with Gasteiger partial charge in [-0.3, -0.25) is 4.79 Å². The van der Waals surface area contributed by atoms with Gasteiger partial charge >= 0.3 is 0 Å². The number of hydrogen-bond acceptors (Lipinski definition) is 2. The van der Waals surface area contributed by atoms with Crippen molar-refractivity contribution in [3.05, 3.63) is 10.4 Å². The first-order valence-corrected chi connectivity index (χ1v) is 5.44. The van der Waals surface area contributed by atoms with Crippen molar-refractivity contribution in [1.82, 2.24) is 5.32 Å². The number of nitrogens with zero attached hydrogens (tertiary/aromatic N) is 3. The molecule has 0 fully saturated rings. The van der Waals surface area contributed by atoms with Gasteiger partial charge in [0.2, 0.25) is 5.91 Å². The van der Waals surface area contributed by atoms with Crippen LogP contribution < -0.4 is 5.32 Å². The quantitative estimate of drug-likeness (QED) is 0.285. The fourth-order valence-electron chi connectivity index (χ4n) is 1.09. The van der Waals surface area contributed by atoms with E-state index in [1.807, 2.05) is 0 Å². The number of amides is 1. The van der Waals surface area contributed by atoms with Gasteiger partial charge in [0, 0.05) is 24.4 Å². The average Bonchev–Trinajstić information content (AvgIpc) is 2.20. The monoisotopic (exact) mass is 212 g/mol. The molecule has 15 heavy (non-hydrogen) atoms. The molecule has 0 bridgehead atoms. The van der Waals surface area contributed by atoms with E-state index in [4.69, 9.17) is 5.53 Å². The molecule has 0 atom stereocenters. The molecule has 86 valence electrons. The zero-order valence-electron chi connectivity index (χ0n) is 9.57. The number of hydrogen-bond donors (Lipinski definition) is 1. The van der Waals surface area contributed by atoms with E-state index >= 15 is 0 Å². The molecule has 0 heterocycles. The zero-order valence-corrected chi connectivity index (χ0v) is 9.57. The Morgan fingerprint density at radius 3 is 2.80 bits per heavy atom. The molecule has 0 aliphatic rings. The Kier molecular flexibility index (Phi) is 8.58. The molecule has 0 radical (unpaired) electrons. The van der Waals surface area contributed by atoms with E-state index in [9.17, 15) is 4.79 Å². The first kappa shape index (κ1) is 13.8. The van der Waals surface area contributed by atoms with Crippen LogP contribution in [0.15, 0.2) is 5.11 Å². The summed E-state index contributed by atoms with van der Waals surface area (Å²) < 4.78 is 0. The Morgan fingerprint density at radius 2 is 2.20 bits per heavy atom. The topological polar surface area (TPSA) is 77.9 Å². The van der Waals surface area contributed by atoms with Gasteiger partial charge in [0.1, 0.15) is 0 Å². The fourth-order valence-corrected chi connectivity index (χ4v) is 1.09. The third kappa shape index (κ3) is 10.7. The SMILES string of the molecule is CC(C)CCC(=O)NCCCCN=[N+]=[N-]. The van der Waals surface area contributed by atoms with Crippen LogP contribution in [-0.4, -0.2) is 19.0 Å². The number of nitrogens with one attached hydrogen (secondary N) is 1. The number of azide groups is 1. The van der Waals surface area contributed by atoms with Gasteiger partial charge in [-0.1, -0.05) is 19.0 Å². The summed E-state index contributed by atoms with van der Waals surface area (Å²) in [6, 6.07) is 0. The highest BCUT2D eigenvalue weighted by molar-refractivity contribution is 5.75. The van der Waals surface area contributed by atoms with Crippen molar-refractivity contribution in [2.24, 2.45) is 11.0 Å². The molecular formula is C10H20N4O. The van der Waals surface area contributed by atoms with Crippen LogP contribution >= 0.6 is 0 Å². The van der Waals surface area contributed by atoms with Crippen LogP contribution in [0.3, 0.4) is 0 Å². The van der Waals surface area contributed by atoms with E-state index in [1.54, 1.807) is 0 Å². The lowest BCUT2D eigenvalue weighted by molar-refractivity contribution is -0.121. The van der Waals surface area contributed by atoms with Crippen LogP contribution in [0.2, 0.25) is 0 Å². The van der Waals surface area contributed by atoms with E-state index in [0.717, 1.165) is 19.3 Å². The Hall–Kier alpha value is -1.22. The summed E-state index contributed by atoms with van der Waals surface area (Å²) in [6.07, 6.45) is 3.24. The maximum absolute atomic E-state index is 11.2. The summed E-state index contributed by atoms with van der Waals surface area (Å²) >= 11 is 0. The van der Waals surface area contributed by atoms with E-state index in [2.05, 4.69) is 29.2 Å². The smallest absolute Gasteiger partial charge is 0.220 e. The lowest BCUT2D eigenvalue weighted by Crippen LogP contribution is -2.24. The minimum atomic E-state index is 0.118. The summed E-state index contributed by atoms with van der Waals surface area (Å²) in [5, 5.41) is 6.26. The van der Waals surface area contributed by atoms with Gasteiger partial charge in [-0.25, -0.2) is 0 Å². The van der Waals surface area contributed by atoms with Crippen LogP contribution in [0.4, 0.5) is 0 Å². The molecular weight excluding hydrogens is 192 g/mol. The summed E-state index contributed by atoms with van der Waals surface area (Å²) in [5.41, 5.74) is 8.02. The van der Waals surface area contributed by atoms with Gasteiger partial charge < -0.3 is 5.32 Å². The summed E-state index contributed by atoms with van der Waals surface area (Å²) in [5.74, 6) is 0.688. The number of carbonyl (C=O) groups excluding carboxylic acids is 1. The van der Waals surface area contributed by atoms with Gasteiger partial charge in [-0.15, -0.1) is 0 Å². The van der Waals surface area contributed by atoms with Crippen molar-refractivity contribution < 1.29 is 4.79 Å². The van der Waals surface area contributed by atoms with Crippen LogP contribution in [0, 0.1) is 5.92 Å². The Balaban J connectivity index is 3.27. The van der Waals surface area contributed by atoms with Crippen LogP contribution in [0.5, 0.6) is 0 Å². The largest absolute Gasteiger partial charge is 0.356 e. The van der Waals surface area contributed by atoms with Gasteiger partial charge in [0.25, 0.3) is 0 Å². The Bertz CT molecular complexity index is 221. The van der Waals surface area contributed by atoms with Gasteiger partial charge in [0.05, 0.1) is 0 Å².